The summed E-state index contributed by atoms with van der Waals surface area (Å²) in [6.07, 6.45) is 2.09. The lowest BCUT2D eigenvalue weighted by Crippen LogP contribution is -2.22. The van der Waals surface area contributed by atoms with Gasteiger partial charge in [-0.1, -0.05) is 25.1 Å². The molecule has 0 amide bonds. The average Bonchev–Trinajstić information content (AvgIpc) is 3.03. The lowest BCUT2D eigenvalue weighted by atomic mass is 9.99. The van der Waals surface area contributed by atoms with E-state index in [1.807, 2.05) is 30.3 Å². The number of rotatable bonds is 7. The van der Waals surface area contributed by atoms with Gasteiger partial charge in [0.2, 0.25) is 0 Å². The summed E-state index contributed by atoms with van der Waals surface area (Å²) in [5.74, 6) is 2.22. The molecule has 2 rings (SSSR count). The summed E-state index contributed by atoms with van der Waals surface area (Å²) in [5.41, 5.74) is 7.71. The third kappa shape index (κ3) is 4.74. The molecular weight excluding hydrogens is 292 g/mol. The molecular formula is C17H24N4O2. The predicted molar refractivity (Wildman–Crippen MR) is 91.8 cm³/mol. The number of aromatic nitrogens is 1. The quantitative estimate of drug-likeness (QED) is 0.603. The van der Waals surface area contributed by atoms with Crippen LogP contribution in [0, 0.1) is 0 Å². The highest BCUT2D eigenvalue weighted by molar-refractivity contribution is 5.92. The van der Waals surface area contributed by atoms with Crippen LogP contribution in [0.25, 0.3) is 0 Å². The van der Waals surface area contributed by atoms with Crippen molar-refractivity contribution in [3.05, 3.63) is 41.8 Å². The average molecular weight is 316 g/mol. The van der Waals surface area contributed by atoms with Crippen LogP contribution in [0.3, 0.4) is 0 Å². The molecule has 2 aromatic rings. The van der Waals surface area contributed by atoms with Crippen molar-refractivity contribution >= 4 is 11.6 Å². The zero-order valence-electron chi connectivity index (χ0n) is 13.9. The van der Waals surface area contributed by atoms with Crippen molar-refractivity contribution < 1.29 is 9.26 Å². The first-order valence-corrected chi connectivity index (χ1v) is 7.82. The van der Waals surface area contributed by atoms with E-state index >= 15 is 0 Å². The van der Waals surface area contributed by atoms with Crippen molar-refractivity contribution in [2.24, 2.45) is 10.7 Å². The lowest BCUT2D eigenvalue weighted by molar-refractivity contribution is 0.372. The summed E-state index contributed by atoms with van der Waals surface area (Å²) >= 11 is 0. The van der Waals surface area contributed by atoms with E-state index in [0.29, 0.717) is 24.2 Å². The molecule has 1 aromatic heterocycles. The van der Waals surface area contributed by atoms with E-state index < -0.39 is 0 Å². The van der Waals surface area contributed by atoms with E-state index in [4.69, 9.17) is 15.0 Å². The number of nitrogens with two attached hydrogens (primary N) is 1. The molecule has 0 fully saturated rings. The fourth-order valence-corrected chi connectivity index (χ4v) is 2.35. The zero-order chi connectivity index (χ0) is 16.7. The highest BCUT2D eigenvalue weighted by atomic mass is 16.5. The molecule has 0 saturated heterocycles. The van der Waals surface area contributed by atoms with Crippen LogP contribution in [0.2, 0.25) is 0 Å². The molecule has 6 nitrogen and oxygen atoms in total. The molecule has 1 aromatic carbocycles. The molecule has 0 aliphatic rings. The second kappa shape index (κ2) is 8.22. The van der Waals surface area contributed by atoms with Gasteiger partial charge in [-0.3, -0.25) is 0 Å². The molecule has 6 heteroatoms. The molecule has 0 radical (unpaired) electrons. The maximum Gasteiger partial charge on any atom is 0.193 e. The first kappa shape index (κ1) is 16.9. The standard InChI is InChI=1S/C17H24N4O2/c1-4-12(5-2)16-10-15(23-21-16)11-19-17(18)20-13-7-6-8-14(9-13)22-3/h6-10,12H,4-5,11H2,1-3H3,(H3,18,19,20). The van der Waals surface area contributed by atoms with Gasteiger partial charge in [-0.25, -0.2) is 4.99 Å². The molecule has 124 valence electrons. The van der Waals surface area contributed by atoms with Gasteiger partial charge in [-0.2, -0.15) is 0 Å². The number of hydrogen-bond acceptors (Lipinski definition) is 4. The van der Waals surface area contributed by atoms with Crippen LogP contribution < -0.4 is 15.8 Å². The van der Waals surface area contributed by atoms with Crippen LogP contribution in [-0.2, 0) is 6.54 Å². The monoisotopic (exact) mass is 316 g/mol. The summed E-state index contributed by atoms with van der Waals surface area (Å²) in [6, 6.07) is 9.45. The van der Waals surface area contributed by atoms with E-state index in [-0.39, 0.29) is 0 Å². The summed E-state index contributed by atoms with van der Waals surface area (Å²) in [4.78, 5) is 4.28. The van der Waals surface area contributed by atoms with Crippen LogP contribution in [0.15, 0.2) is 39.8 Å². The number of aliphatic imine (C=N–C) groups is 1. The first-order chi connectivity index (χ1) is 11.2. The molecule has 0 spiro atoms. The van der Waals surface area contributed by atoms with Crippen LogP contribution in [0.4, 0.5) is 5.69 Å². The lowest BCUT2D eigenvalue weighted by Gasteiger charge is -2.07. The minimum atomic E-state index is 0.318. The number of methoxy groups -OCH3 is 1. The fraction of sp³-hybridized carbons (Fsp3) is 0.412. The molecule has 23 heavy (non-hydrogen) atoms. The highest BCUT2D eigenvalue weighted by Gasteiger charge is 2.12. The summed E-state index contributed by atoms with van der Waals surface area (Å²) in [6.45, 7) is 4.66. The third-order valence-electron chi connectivity index (χ3n) is 3.73. The zero-order valence-corrected chi connectivity index (χ0v) is 13.9. The van der Waals surface area contributed by atoms with E-state index in [9.17, 15) is 0 Å². The van der Waals surface area contributed by atoms with Crippen LogP contribution in [0.1, 0.15) is 44.1 Å². The number of ether oxygens (including phenoxy) is 1. The van der Waals surface area contributed by atoms with Gasteiger partial charge in [0.15, 0.2) is 11.7 Å². The number of guanidine groups is 1. The van der Waals surface area contributed by atoms with E-state index in [1.54, 1.807) is 7.11 Å². The van der Waals surface area contributed by atoms with Crippen molar-refractivity contribution in [1.29, 1.82) is 0 Å². The van der Waals surface area contributed by atoms with E-state index in [2.05, 4.69) is 29.3 Å². The summed E-state index contributed by atoms with van der Waals surface area (Å²) < 4.78 is 10.5. The second-order valence-electron chi connectivity index (χ2n) is 5.29. The topological polar surface area (TPSA) is 85.7 Å². The largest absolute Gasteiger partial charge is 0.497 e. The fourth-order valence-electron chi connectivity index (χ4n) is 2.35. The van der Waals surface area contributed by atoms with Crippen molar-refractivity contribution in [1.82, 2.24) is 5.16 Å². The van der Waals surface area contributed by atoms with Crippen molar-refractivity contribution in [2.75, 3.05) is 12.4 Å². The highest BCUT2D eigenvalue weighted by Crippen LogP contribution is 2.22. The Balaban J connectivity index is 1.96. The molecule has 1 heterocycles. The number of nitrogens with one attached hydrogen (secondary N) is 1. The Morgan fingerprint density at radius 3 is 2.83 bits per heavy atom. The van der Waals surface area contributed by atoms with Gasteiger partial charge in [0.25, 0.3) is 0 Å². The van der Waals surface area contributed by atoms with Crippen LogP contribution in [0.5, 0.6) is 5.75 Å². The maximum absolute atomic E-state index is 5.90. The SMILES string of the molecule is CCC(CC)c1cc(CN=C(N)Nc2cccc(OC)c2)on1. The van der Waals surface area contributed by atoms with Gasteiger partial charge >= 0.3 is 0 Å². The normalized spacial score (nSPS) is 11.7. The Bertz CT molecular complexity index is 648. The molecule has 0 saturated carbocycles. The van der Waals surface area contributed by atoms with Gasteiger partial charge in [0, 0.05) is 23.7 Å². The number of anilines is 1. The Hall–Kier alpha value is -2.50. The van der Waals surface area contributed by atoms with Gasteiger partial charge in [0.05, 0.1) is 12.8 Å². The first-order valence-electron chi connectivity index (χ1n) is 7.82. The molecule has 0 unspecified atom stereocenters. The van der Waals surface area contributed by atoms with Gasteiger partial charge in [-0.15, -0.1) is 0 Å². The smallest absolute Gasteiger partial charge is 0.193 e. The molecule has 0 bridgehead atoms. The van der Waals surface area contributed by atoms with Crippen LogP contribution >= 0.6 is 0 Å². The molecule has 3 N–H and O–H groups in total. The summed E-state index contributed by atoms with van der Waals surface area (Å²) in [7, 11) is 1.62. The minimum Gasteiger partial charge on any atom is -0.497 e. The Kier molecular flexibility index (Phi) is 6.02. The van der Waals surface area contributed by atoms with Gasteiger partial charge < -0.3 is 20.3 Å². The predicted octanol–water partition coefficient (Wildman–Crippen LogP) is 3.51. The number of hydrogen-bond donors (Lipinski definition) is 2. The second-order valence-corrected chi connectivity index (χ2v) is 5.29. The summed E-state index contributed by atoms with van der Waals surface area (Å²) in [5, 5.41) is 7.15. The third-order valence-corrected chi connectivity index (χ3v) is 3.73. The Morgan fingerprint density at radius 2 is 2.13 bits per heavy atom. The van der Waals surface area contributed by atoms with E-state index in [0.717, 1.165) is 30.0 Å². The Labute approximate surface area is 136 Å². The minimum absolute atomic E-state index is 0.318. The number of nitrogens with zero attached hydrogens (tertiary/aromatic N) is 2. The molecule has 0 aliphatic carbocycles. The van der Waals surface area contributed by atoms with Crippen LogP contribution in [-0.4, -0.2) is 18.2 Å². The van der Waals surface area contributed by atoms with Gasteiger partial charge in [0.1, 0.15) is 12.3 Å². The van der Waals surface area contributed by atoms with Crippen molar-refractivity contribution in [2.45, 2.75) is 39.2 Å². The maximum atomic E-state index is 5.90. The van der Waals surface area contributed by atoms with E-state index in [1.165, 1.54) is 0 Å². The molecule has 0 atom stereocenters. The molecule has 0 aliphatic heterocycles. The van der Waals surface area contributed by atoms with Gasteiger partial charge in [-0.05, 0) is 25.0 Å². The van der Waals surface area contributed by atoms with Crippen molar-refractivity contribution in [3.63, 3.8) is 0 Å². The number of benzene rings is 1. The van der Waals surface area contributed by atoms with Crippen molar-refractivity contribution in [3.8, 4) is 5.75 Å². The Morgan fingerprint density at radius 1 is 1.35 bits per heavy atom.